The molecule has 2 amide bonds. The molecule has 2 aromatic carbocycles. The second-order valence-electron chi connectivity index (χ2n) is 6.82. The van der Waals surface area contributed by atoms with E-state index in [-0.39, 0.29) is 29.3 Å². The van der Waals surface area contributed by atoms with Crippen molar-refractivity contribution < 1.29 is 23.8 Å². The van der Waals surface area contributed by atoms with E-state index in [4.69, 9.17) is 4.74 Å². The molecule has 0 spiro atoms. The van der Waals surface area contributed by atoms with Gasteiger partial charge in [-0.1, -0.05) is 12.1 Å². The van der Waals surface area contributed by atoms with Crippen LogP contribution in [0.5, 0.6) is 11.5 Å². The number of phenolic OH excluding ortho intramolecular Hbond substituents is 1. The van der Waals surface area contributed by atoms with Gasteiger partial charge in [-0.2, -0.15) is 0 Å². The first-order valence-corrected chi connectivity index (χ1v) is 9.24. The van der Waals surface area contributed by atoms with E-state index in [9.17, 15) is 19.1 Å². The van der Waals surface area contributed by atoms with E-state index in [2.05, 4.69) is 5.32 Å². The molecule has 148 valence electrons. The Morgan fingerprint density at radius 3 is 2.43 bits per heavy atom. The minimum absolute atomic E-state index is 0.0234. The standard InChI is InChI=1S/C21H23FN2O4/c1-14(28-17-8-6-16(22)7-9-17)21(27)24-12-10-15(11-13-24)20(26)23-18-4-2-3-5-19(18)25/h2-9,14-15,25H,10-13H2,1H3,(H,23,26)/t14-/m1/s1. The lowest BCUT2D eigenvalue weighted by atomic mass is 9.95. The average Bonchev–Trinajstić information content (AvgIpc) is 2.71. The molecule has 0 radical (unpaired) electrons. The summed E-state index contributed by atoms with van der Waals surface area (Å²) in [5.74, 6) is -0.463. The fourth-order valence-corrected chi connectivity index (χ4v) is 3.20. The van der Waals surface area contributed by atoms with Crippen molar-refractivity contribution in [3.8, 4) is 11.5 Å². The van der Waals surface area contributed by atoms with Gasteiger partial charge in [0.05, 0.1) is 5.69 Å². The third kappa shape index (κ3) is 4.79. The molecule has 1 aliphatic rings. The maximum absolute atomic E-state index is 13.0. The first-order chi connectivity index (χ1) is 13.4. The van der Waals surface area contributed by atoms with Gasteiger partial charge in [-0.25, -0.2) is 4.39 Å². The first-order valence-electron chi connectivity index (χ1n) is 9.24. The van der Waals surface area contributed by atoms with Gasteiger partial charge in [-0.15, -0.1) is 0 Å². The van der Waals surface area contributed by atoms with E-state index in [0.717, 1.165) is 0 Å². The topological polar surface area (TPSA) is 78.9 Å². The van der Waals surface area contributed by atoms with Crippen molar-refractivity contribution in [1.82, 2.24) is 4.90 Å². The summed E-state index contributed by atoms with van der Waals surface area (Å²) >= 11 is 0. The van der Waals surface area contributed by atoms with Crippen LogP contribution in [-0.4, -0.2) is 41.0 Å². The molecule has 1 aliphatic heterocycles. The number of anilines is 1. The number of aromatic hydroxyl groups is 1. The fraction of sp³-hybridized carbons (Fsp3) is 0.333. The van der Waals surface area contributed by atoms with Gasteiger partial charge in [-0.3, -0.25) is 9.59 Å². The number of halogens is 1. The molecule has 2 N–H and O–H groups in total. The summed E-state index contributed by atoms with van der Waals surface area (Å²) in [7, 11) is 0. The van der Waals surface area contributed by atoms with Crippen LogP contribution in [0, 0.1) is 11.7 Å². The number of carbonyl (C=O) groups excluding carboxylic acids is 2. The van der Waals surface area contributed by atoms with Crippen molar-refractivity contribution >= 4 is 17.5 Å². The largest absolute Gasteiger partial charge is 0.506 e. The summed E-state index contributed by atoms with van der Waals surface area (Å²) in [5.41, 5.74) is 0.382. The molecule has 0 unspecified atom stereocenters. The van der Waals surface area contributed by atoms with Crippen LogP contribution in [-0.2, 0) is 9.59 Å². The molecule has 1 saturated heterocycles. The lowest BCUT2D eigenvalue weighted by Gasteiger charge is -2.33. The highest BCUT2D eigenvalue weighted by molar-refractivity contribution is 5.94. The van der Waals surface area contributed by atoms with Gasteiger partial charge < -0.3 is 20.1 Å². The minimum atomic E-state index is -0.697. The molecule has 6 nitrogen and oxygen atoms in total. The van der Waals surface area contributed by atoms with Crippen LogP contribution in [0.3, 0.4) is 0 Å². The van der Waals surface area contributed by atoms with Crippen LogP contribution in [0.2, 0.25) is 0 Å². The smallest absolute Gasteiger partial charge is 0.263 e. The molecule has 1 fully saturated rings. The molecule has 3 rings (SSSR count). The van der Waals surface area contributed by atoms with Crippen molar-refractivity contribution in [3.05, 3.63) is 54.3 Å². The second kappa shape index (κ2) is 8.73. The number of nitrogens with one attached hydrogen (secondary N) is 1. The summed E-state index contributed by atoms with van der Waals surface area (Å²) in [5, 5.41) is 12.5. The Morgan fingerprint density at radius 2 is 1.79 bits per heavy atom. The molecular formula is C21H23FN2O4. The van der Waals surface area contributed by atoms with E-state index in [0.29, 0.717) is 37.4 Å². The van der Waals surface area contributed by atoms with Crippen molar-refractivity contribution in [2.45, 2.75) is 25.9 Å². The molecule has 0 bridgehead atoms. The van der Waals surface area contributed by atoms with Gasteiger partial charge in [0.15, 0.2) is 6.10 Å². The highest BCUT2D eigenvalue weighted by atomic mass is 19.1. The zero-order valence-corrected chi connectivity index (χ0v) is 15.6. The predicted molar refractivity (Wildman–Crippen MR) is 103 cm³/mol. The second-order valence-corrected chi connectivity index (χ2v) is 6.82. The summed E-state index contributed by atoms with van der Waals surface area (Å²) < 4.78 is 18.5. The zero-order valence-electron chi connectivity index (χ0n) is 15.6. The maximum atomic E-state index is 13.0. The number of benzene rings is 2. The van der Waals surface area contributed by atoms with E-state index < -0.39 is 6.10 Å². The van der Waals surface area contributed by atoms with E-state index in [1.807, 2.05) is 0 Å². The SMILES string of the molecule is C[C@@H](Oc1ccc(F)cc1)C(=O)N1CCC(C(=O)Nc2ccccc2O)CC1. The monoisotopic (exact) mass is 386 g/mol. The summed E-state index contributed by atoms with van der Waals surface area (Å²) in [4.78, 5) is 26.7. The van der Waals surface area contributed by atoms with Crippen molar-refractivity contribution in [2.24, 2.45) is 5.92 Å². The molecule has 2 aromatic rings. The zero-order chi connectivity index (χ0) is 20.1. The third-order valence-electron chi connectivity index (χ3n) is 4.81. The number of hydrogen-bond donors (Lipinski definition) is 2. The summed E-state index contributed by atoms with van der Waals surface area (Å²) in [6.07, 6.45) is 0.375. The Morgan fingerprint density at radius 1 is 1.14 bits per heavy atom. The molecule has 1 heterocycles. The minimum Gasteiger partial charge on any atom is -0.506 e. The Bertz CT molecular complexity index is 833. The normalized spacial score (nSPS) is 15.7. The summed E-state index contributed by atoms with van der Waals surface area (Å²) in [6, 6.07) is 12.1. The van der Waals surface area contributed by atoms with E-state index in [1.165, 1.54) is 30.3 Å². The van der Waals surface area contributed by atoms with Crippen LogP contribution in [0.15, 0.2) is 48.5 Å². The molecule has 28 heavy (non-hydrogen) atoms. The number of ether oxygens (including phenoxy) is 1. The Kier molecular flexibility index (Phi) is 6.13. The number of rotatable bonds is 5. The van der Waals surface area contributed by atoms with Crippen molar-refractivity contribution in [2.75, 3.05) is 18.4 Å². The average molecular weight is 386 g/mol. The summed E-state index contributed by atoms with van der Waals surface area (Å²) in [6.45, 7) is 2.56. The van der Waals surface area contributed by atoms with Crippen LogP contribution in [0.1, 0.15) is 19.8 Å². The number of phenols is 1. The van der Waals surface area contributed by atoms with Crippen LogP contribution in [0.25, 0.3) is 0 Å². The molecule has 0 aliphatic carbocycles. The first kappa shape index (κ1) is 19.7. The van der Waals surface area contributed by atoms with Gasteiger partial charge in [0.1, 0.15) is 17.3 Å². The van der Waals surface area contributed by atoms with Gasteiger partial charge in [0.25, 0.3) is 5.91 Å². The Labute approximate surface area is 162 Å². The van der Waals surface area contributed by atoms with Crippen molar-refractivity contribution in [1.29, 1.82) is 0 Å². The van der Waals surface area contributed by atoms with E-state index >= 15 is 0 Å². The van der Waals surface area contributed by atoms with Crippen LogP contribution < -0.4 is 10.1 Å². The highest BCUT2D eigenvalue weighted by Crippen LogP contribution is 2.25. The van der Waals surface area contributed by atoms with Gasteiger partial charge in [-0.05, 0) is 56.2 Å². The lowest BCUT2D eigenvalue weighted by Crippen LogP contribution is -2.46. The Balaban J connectivity index is 1.50. The van der Waals surface area contributed by atoms with Crippen LogP contribution in [0.4, 0.5) is 10.1 Å². The molecule has 1 atom stereocenters. The van der Waals surface area contributed by atoms with Gasteiger partial charge in [0.2, 0.25) is 5.91 Å². The Hall–Kier alpha value is -3.09. The number of carbonyl (C=O) groups is 2. The quantitative estimate of drug-likeness (QED) is 0.774. The fourth-order valence-electron chi connectivity index (χ4n) is 3.20. The number of likely N-dealkylation sites (tertiary alicyclic amines) is 1. The third-order valence-corrected chi connectivity index (χ3v) is 4.81. The number of amides is 2. The maximum Gasteiger partial charge on any atom is 0.263 e. The number of nitrogens with zero attached hydrogens (tertiary/aromatic N) is 1. The predicted octanol–water partition coefficient (Wildman–Crippen LogP) is 3.18. The van der Waals surface area contributed by atoms with Gasteiger partial charge >= 0.3 is 0 Å². The molecule has 0 aromatic heterocycles. The van der Waals surface area contributed by atoms with Crippen molar-refractivity contribution in [3.63, 3.8) is 0 Å². The molecular weight excluding hydrogens is 363 g/mol. The number of piperidine rings is 1. The lowest BCUT2D eigenvalue weighted by molar-refractivity contribution is -0.140. The van der Waals surface area contributed by atoms with Gasteiger partial charge in [0, 0.05) is 19.0 Å². The van der Waals surface area contributed by atoms with E-state index in [1.54, 1.807) is 30.0 Å². The molecule has 7 heteroatoms. The molecule has 0 saturated carbocycles. The van der Waals surface area contributed by atoms with Crippen LogP contribution >= 0.6 is 0 Å². The highest BCUT2D eigenvalue weighted by Gasteiger charge is 2.30. The number of para-hydroxylation sites is 2. The number of hydrogen-bond acceptors (Lipinski definition) is 4.